The molecule has 1 fully saturated rings. The van der Waals surface area contributed by atoms with Crippen LogP contribution in [0, 0.1) is 0 Å². The Morgan fingerprint density at radius 3 is 2.57 bits per heavy atom. The predicted octanol–water partition coefficient (Wildman–Crippen LogP) is 2.42. The van der Waals surface area contributed by atoms with E-state index in [-0.39, 0.29) is 6.10 Å². The van der Waals surface area contributed by atoms with Crippen LogP contribution in [0.2, 0.25) is 0 Å². The van der Waals surface area contributed by atoms with Gasteiger partial charge in [-0.3, -0.25) is 4.90 Å². The smallest absolute Gasteiger partial charge is 0.336 e. The van der Waals surface area contributed by atoms with Crippen LogP contribution in [-0.2, 0) is 6.54 Å². The Hall–Kier alpha value is -2.77. The fraction of sp³-hybridized carbons (Fsp3) is 0.381. The van der Waals surface area contributed by atoms with Crippen LogP contribution in [-0.4, -0.2) is 60.6 Å². The number of aliphatic hydroxyl groups excluding tert-OH is 1. The first-order valence-electron chi connectivity index (χ1n) is 9.12. The molecule has 1 aliphatic rings. The summed E-state index contributed by atoms with van der Waals surface area (Å²) in [6.45, 7) is 1.58. The monoisotopic (exact) mass is 387 g/mol. The zero-order valence-corrected chi connectivity index (χ0v) is 16.0. The third kappa shape index (κ3) is 4.55. The number of aliphatic hydroxyl groups is 1. The average molecular weight is 387 g/mol. The first-order chi connectivity index (χ1) is 13.5. The quantitative estimate of drug-likeness (QED) is 0.754. The van der Waals surface area contributed by atoms with Crippen LogP contribution in [0.15, 0.2) is 42.5 Å². The van der Waals surface area contributed by atoms with Crippen LogP contribution >= 0.6 is 0 Å². The summed E-state index contributed by atoms with van der Waals surface area (Å²) in [7, 11) is 3.13. The lowest BCUT2D eigenvalue weighted by atomic mass is 10.0. The molecule has 28 heavy (non-hydrogen) atoms. The van der Waals surface area contributed by atoms with Crippen molar-refractivity contribution in [2.45, 2.75) is 25.2 Å². The summed E-state index contributed by atoms with van der Waals surface area (Å²) in [6.07, 6.45) is -0.395. The summed E-state index contributed by atoms with van der Waals surface area (Å²) in [4.78, 5) is 13.4. The number of β-amino-alcohol motifs (C(OH)–C–C–N with tert-alkyl or cyclic N) is 1. The topological polar surface area (TPSA) is 88.5 Å². The fourth-order valence-corrected chi connectivity index (χ4v) is 3.43. The summed E-state index contributed by atoms with van der Waals surface area (Å²) in [5.41, 5.74) is 1.03. The molecule has 0 aromatic heterocycles. The van der Waals surface area contributed by atoms with Gasteiger partial charge in [-0.05, 0) is 30.2 Å². The maximum atomic E-state index is 11.4. The third-order valence-electron chi connectivity index (χ3n) is 4.89. The molecule has 0 bridgehead atoms. The second-order valence-electron chi connectivity index (χ2n) is 6.73. The van der Waals surface area contributed by atoms with Gasteiger partial charge in [-0.1, -0.05) is 18.2 Å². The summed E-state index contributed by atoms with van der Waals surface area (Å²) in [5, 5.41) is 19.9. The molecule has 2 N–H and O–H groups in total. The second-order valence-corrected chi connectivity index (χ2v) is 6.73. The Morgan fingerprint density at radius 1 is 1.14 bits per heavy atom. The molecule has 1 heterocycles. The number of rotatable bonds is 7. The standard InChI is InChI=1S/C21H25NO6/c1-26-19-8-7-15(11-20(19)27-2)28-18-9-10-22(13-17(18)23)12-14-5-3-4-6-16(14)21(24)25/h3-8,11,17-18,23H,9-10,12-13H2,1-2H3,(H,24,25)/t17-,18-/m1/s1. The molecule has 2 aromatic rings. The number of ether oxygens (including phenoxy) is 3. The molecule has 0 saturated carbocycles. The van der Waals surface area contributed by atoms with Gasteiger partial charge in [0.05, 0.1) is 19.8 Å². The van der Waals surface area contributed by atoms with Gasteiger partial charge in [0, 0.05) is 25.7 Å². The molecule has 7 heteroatoms. The number of piperidine rings is 1. The minimum atomic E-state index is -0.942. The highest BCUT2D eigenvalue weighted by Crippen LogP contribution is 2.32. The van der Waals surface area contributed by atoms with Crippen molar-refractivity contribution >= 4 is 5.97 Å². The van der Waals surface area contributed by atoms with Crippen LogP contribution < -0.4 is 14.2 Å². The average Bonchev–Trinajstić information content (AvgIpc) is 2.70. The molecule has 0 spiro atoms. The number of hydrogen-bond acceptors (Lipinski definition) is 6. The highest BCUT2D eigenvalue weighted by molar-refractivity contribution is 5.89. The lowest BCUT2D eigenvalue weighted by molar-refractivity contribution is -0.0276. The van der Waals surface area contributed by atoms with Gasteiger partial charge in [0.2, 0.25) is 0 Å². The number of nitrogens with zero attached hydrogens (tertiary/aromatic N) is 1. The number of carboxylic acids is 1. The van der Waals surface area contributed by atoms with Gasteiger partial charge in [-0.25, -0.2) is 4.79 Å². The fourth-order valence-electron chi connectivity index (χ4n) is 3.43. The van der Waals surface area contributed by atoms with E-state index in [9.17, 15) is 15.0 Å². The Kier molecular flexibility index (Phi) is 6.38. The van der Waals surface area contributed by atoms with Crippen molar-refractivity contribution in [3.8, 4) is 17.2 Å². The number of benzene rings is 2. The molecule has 1 aliphatic heterocycles. The molecule has 1 saturated heterocycles. The van der Waals surface area contributed by atoms with E-state index < -0.39 is 12.1 Å². The van der Waals surface area contributed by atoms with Crippen molar-refractivity contribution in [3.05, 3.63) is 53.6 Å². The molecular formula is C21H25NO6. The van der Waals surface area contributed by atoms with Gasteiger partial charge in [0.15, 0.2) is 11.5 Å². The van der Waals surface area contributed by atoms with Gasteiger partial charge in [0.25, 0.3) is 0 Å². The number of hydrogen-bond donors (Lipinski definition) is 2. The van der Waals surface area contributed by atoms with Crippen LogP contribution in [0.1, 0.15) is 22.3 Å². The molecule has 0 amide bonds. The van der Waals surface area contributed by atoms with E-state index in [1.54, 1.807) is 44.6 Å². The van der Waals surface area contributed by atoms with Gasteiger partial charge in [-0.2, -0.15) is 0 Å². The minimum absolute atomic E-state index is 0.292. The number of aromatic carboxylic acids is 1. The van der Waals surface area contributed by atoms with Crippen molar-refractivity contribution in [2.24, 2.45) is 0 Å². The van der Waals surface area contributed by atoms with Crippen LogP contribution in [0.25, 0.3) is 0 Å². The molecule has 0 unspecified atom stereocenters. The number of likely N-dealkylation sites (tertiary alicyclic amines) is 1. The van der Waals surface area contributed by atoms with Crippen molar-refractivity contribution in [2.75, 3.05) is 27.3 Å². The molecule has 150 valence electrons. The molecule has 7 nitrogen and oxygen atoms in total. The first kappa shape index (κ1) is 20.0. The second kappa shape index (κ2) is 8.95. The summed E-state index contributed by atoms with van der Waals surface area (Å²) in [6, 6.07) is 12.2. The first-order valence-corrected chi connectivity index (χ1v) is 9.12. The van der Waals surface area contributed by atoms with Crippen molar-refractivity contribution in [3.63, 3.8) is 0 Å². The highest BCUT2D eigenvalue weighted by Gasteiger charge is 2.30. The van der Waals surface area contributed by atoms with E-state index in [0.29, 0.717) is 48.9 Å². The van der Waals surface area contributed by atoms with Crippen molar-refractivity contribution in [1.29, 1.82) is 0 Å². The number of carboxylic acid groups (broad SMARTS) is 1. The van der Waals surface area contributed by atoms with Gasteiger partial charge in [-0.15, -0.1) is 0 Å². The van der Waals surface area contributed by atoms with Gasteiger partial charge >= 0.3 is 5.97 Å². The lowest BCUT2D eigenvalue weighted by Gasteiger charge is -2.36. The minimum Gasteiger partial charge on any atom is -0.493 e. The van der Waals surface area contributed by atoms with Gasteiger partial charge < -0.3 is 24.4 Å². The maximum absolute atomic E-state index is 11.4. The van der Waals surface area contributed by atoms with E-state index in [4.69, 9.17) is 14.2 Å². The van der Waals surface area contributed by atoms with E-state index in [0.717, 1.165) is 5.56 Å². The van der Waals surface area contributed by atoms with E-state index in [1.807, 2.05) is 17.0 Å². The van der Waals surface area contributed by atoms with Crippen LogP contribution in [0.5, 0.6) is 17.2 Å². The largest absolute Gasteiger partial charge is 0.493 e. The highest BCUT2D eigenvalue weighted by atomic mass is 16.5. The lowest BCUT2D eigenvalue weighted by Crippen LogP contribution is -2.48. The van der Waals surface area contributed by atoms with Crippen molar-refractivity contribution < 1.29 is 29.2 Å². The van der Waals surface area contributed by atoms with Crippen LogP contribution in [0.4, 0.5) is 0 Å². The Balaban J connectivity index is 1.62. The van der Waals surface area contributed by atoms with Crippen molar-refractivity contribution in [1.82, 2.24) is 4.90 Å². The molecule has 0 radical (unpaired) electrons. The molecule has 2 atom stereocenters. The Morgan fingerprint density at radius 2 is 1.89 bits per heavy atom. The van der Waals surface area contributed by atoms with E-state index in [1.165, 1.54) is 0 Å². The normalized spacial score (nSPS) is 19.8. The van der Waals surface area contributed by atoms with E-state index in [2.05, 4.69) is 0 Å². The zero-order valence-electron chi connectivity index (χ0n) is 16.0. The number of methoxy groups -OCH3 is 2. The van der Waals surface area contributed by atoms with Gasteiger partial charge in [0.1, 0.15) is 18.0 Å². The summed E-state index contributed by atoms with van der Waals surface area (Å²) >= 11 is 0. The van der Waals surface area contributed by atoms with Crippen LogP contribution in [0.3, 0.4) is 0 Å². The summed E-state index contributed by atoms with van der Waals surface area (Å²) in [5.74, 6) is 0.841. The maximum Gasteiger partial charge on any atom is 0.336 e. The Labute approximate surface area is 164 Å². The molecular weight excluding hydrogens is 362 g/mol. The Bertz CT molecular complexity index is 824. The third-order valence-corrected chi connectivity index (χ3v) is 4.89. The number of carbonyl (C=O) groups is 1. The molecule has 0 aliphatic carbocycles. The molecule has 2 aromatic carbocycles. The predicted molar refractivity (Wildman–Crippen MR) is 103 cm³/mol. The zero-order chi connectivity index (χ0) is 20.1. The van der Waals surface area contributed by atoms with E-state index >= 15 is 0 Å². The summed E-state index contributed by atoms with van der Waals surface area (Å²) < 4.78 is 16.5. The molecule has 3 rings (SSSR count). The SMILES string of the molecule is COc1ccc(O[C@@H]2CCN(Cc3ccccc3C(=O)O)C[C@H]2O)cc1OC.